The molecule has 0 saturated carbocycles. The minimum absolute atomic E-state index is 0.0333. The van der Waals surface area contributed by atoms with E-state index in [1.54, 1.807) is 11.2 Å². The van der Waals surface area contributed by atoms with E-state index in [0.717, 1.165) is 39.0 Å². The van der Waals surface area contributed by atoms with Gasteiger partial charge >= 0.3 is 0 Å². The van der Waals surface area contributed by atoms with Crippen LogP contribution < -0.4 is 10.6 Å². The zero-order chi connectivity index (χ0) is 22.0. The van der Waals surface area contributed by atoms with Crippen molar-refractivity contribution < 1.29 is 4.79 Å². The maximum atomic E-state index is 11.9. The van der Waals surface area contributed by atoms with Crippen LogP contribution in [0.2, 0.25) is 0 Å². The Bertz CT molecular complexity index is 1160. The Morgan fingerprint density at radius 2 is 1.97 bits per heavy atom. The lowest BCUT2D eigenvalue weighted by atomic mass is 9.93. The molecule has 0 unspecified atom stereocenters. The molecule has 1 saturated heterocycles. The fraction of sp³-hybridized carbons (Fsp3) is 0.250. The van der Waals surface area contributed by atoms with Crippen molar-refractivity contribution in [2.45, 2.75) is 13.3 Å². The predicted octanol–water partition coefficient (Wildman–Crippen LogP) is 2.94. The summed E-state index contributed by atoms with van der Waals surface area (Å²) in [7, 11) is 0. The van der Waals surface area contributed by atoms with E-state index in [-0.39, 0.29) is 5.91 Å². The molecule has 7 nitrogen and oxygen atoms in total. The van der Waals surface area contributed by atoms with Gasteiger partial charge in [-0.25, -0.2) is 9.97 Å². The Balaban J connectivity index is 1.69. The first-order valence-electron chi connectivity index (χ1n) is 10.3. The second-order valence-corrected chi connectivity index (χ2v) is 7.71. The van der Waals surface area contributed by atoms with Crippen molar-refractivity contribution >= 4 is 34.5 Å². The zero-order valence-corrected chi connectivity index (χ0v) is 17.6. The van der Waals surface area contributed by atoms with E-state index in [4.69, 9.17) is 11.1 Å². The molecular formula is C24H26N6O. The Morgan fingerprint density at radius 1 is 1.19 bits per heavy atom. The van der Waals surface area contributed by atoms with Crippen molar-refractivity contribution in [3.63, 3.8) is 0 Å². The van der Waals surface area contributed by atoms with E-state index in [1.165, 1.54) is 12.3 Å². The summed E-state index contributed by atoms with van der Waals surface area (Å²) < 4.78 is 0. The van der Waals surface area contributed by atoms with Crippen molar-refractivity contribution in [2.24, 2.45) is 0 Å². The largest absolute Gasteiger partial charge is 0.398 e. The van der Waals surface area contributed by atoms with E-state index in [9.17, 15) is 4.79 Å². The Hall–Kier alpha value is -3.74. The van der Waals surface area contributed by atoms with E-state index >= 15 is 0 Å². The minimum atomic E-state index is -0.0333. The highest BCUT2D eigenvalue weighted by Crippen LogP contribution is 2.29. The molecule has 1 amide bonds. The molecule has 2 aromatic carbocycles. The number of nitrogens with zero attached hydrogens (tertiary/aromatic N) is 4. The van der Waals surface area contributed by atoms with Crippen molar-refractivity contribution in [2.75, 3.05) is 36.8 Å². The number of nitrogen functional groups attached to an aromatic ring is 1. The number of amides is 1. The van der Waals surface area contributed by atoms with Crippen LogP contribution in [0.3, 0.4) is 0 Å². The average Bonchev–Trinajstić information content (AvgIpc) is 2.81. The molecule has 2 heterocycles. The molecule has 1 fully saturated rings. The average molecular weight is 415 g/mol. The lowest BCUT2D eigenvalue weighted by Crippen LogP contribution is -2.48. The monoisotopic (exact) mass is 414 g/mol. The van der Waals surface area contributed by atoms with Crippen LogP contribution in [-0.2, 0) is 11.2 Å². The van der Waals surface area contributed by atoms with Crippen LogP contribution in [0.15, 0.2) is 49.3 Å². The number of aryl methyl sites for hydroxylation is 1. The van der Waals surface area contributed by atoms with E-state index in [2.05, 4.69) is 27.5 Å². The quantitative estimate of drug-likeness (QED) is 0.380. The van der Waals surface area contributed by atoms with Crippen LogP contribution in [0.5, 0.6) is 0 Å². The molecule has 0 aliphatic carbocycles. The molecule has 3 aromatic rings. The molecule has 4 rings (SSSR count). The van der Waals surface area contributed by atoms with Gasteiger partial charge in [-0.3, -0.25) is 4.79 Å². The molecule has 1 aliphatic rings. The normalized spacial score (nSPS) is 14.0. The van der Waals surface area contributed by atoms with Crippen molar-refractivity contribution in [3.05, 3.63) is 71.6 Å². The number of nitrogens with two attached hydrogens (primary N) is 1. The van der Waals surface area contributed by atoms with E-state index in [1.807, 2.05) is 31.2 Å². The third-order valence-corrected chi connectivity index (χ3v) is 5.93. The Morgan fingerprint density at radius 3 is 2.68 bits per heavy atom. The first-order valence-corrected chi connectivity index (χ1v) is 10.3. The molecule has 0 bridgehead atoms. The van der Waals surface area contributed by atoms with Crippen LogP contribution in [-0.4, -0.2) is 53.2 Å². The molecule has 3 N–H and O–H groups in total. The number of benzene rings is 2. The molecule has 0 atom stereocenters. The Kier molecular flexibility index (Phi) is 5.66. The summed E-state index contributed by atoms with van der Waals surface area (Å²) in [6.07, 6.45) is 4.93. The number of carbonyl (C=O) groups excluding carboxylic acids is 1. The lowest BCUT2D eigenvalue weighted by Gasteiger charge is -2.35. The van der Waals surface area contributed by atoms with Crippen LogP contribution in [0.25, 0.3) is 10.9 Å². The number of piperazine rings is 1. The van der Waals surface area contributed by atoms with Gasteiger partial charge in [-0.15, -0.1) is 0 Å². The van der Waals surface area contributed by atoms with Gasteiger partial charge < -0.3 is 20.9 Å². The maximum Gasteiger partial charge on any atom is 0.246 e. The summed E-state index contributed by atoms with van der Waals surface area (Å²) in [5.74, 6) is 0.850. The third-order valence-electron chi connectivity index (χ3n) is 5.93. The van der Waals surface area contributed by atoms with Gasteiger partial charge in [0, 0.05) is 55.5 Å². The number of fused-ring (bicyclic) bond motifs is 1. The van der Waals surface area contributed by atoms with Gasteiger partial charge in [-0.05, 0) is 41.8 Å². The summed E-state index contributed by atoms with van der Waals surface area (Å²) in [5, 5.41) is 8.80. The molecular weight excluding hydrogens is 388 g/mol. The second-order valence-electron chi connectivity index (χ2n) is 7.71. The lowest BCUT2D eigenvalue weighted by molar-refractivity contribution is -0.126. The second kappa shape index (κ2) is 8.55. The number of rotatable bonds is 5. The van der Waals surface area contributed by atoms with Gasteiger partial charge in [0.25, 0.3) is 0 Å². The molecule has 31 heavy (non-hydrogen) atoms. The maximum absolute atomic E-state index is 11.9. The van der Waals surface area contributed by atoms with Crippen molar-refractivity contribution in [3.8, 4) is 0 Å². The molecule has 1 aromatic heterocycles. The van der Waals surface area contributed by atoms with Gasteiger partial charge in [0.2, 0.25) is 5.91 Å². The van der Waals surface area contributed by atoms with Crippen molar-refractivity contribution in [1.82, 2.24) is 14.9 Å². The first kappa shape index (κ1) is 20.5. The van der Waals surface area contributed by atoms with Crippen LogP contribution >= 0.6 is 0 Å². The van der Waals surface area contributed by atoms with Gasteiger partial charge in [-0.1, -0.05) is 24.8 Å². The standard InChI is InChI=1S/C24H26N6O/c1-3-22(31)29-9-11-30(12-10-29)24-18-6-4-5-17(23(18)27-15-28-24)13-19-16(2)7-8-21(26)20(19)14-25/h3-8,14-15,25H,1,9-13,26H2,2H3. The molecule has 0 radical (unpaired) electrons. The highest BCUT2D eigenvalue weighted by Gasteiger charge is 2.22. The fourth-order valence-corrected chi connectivity index (χ4v) is 4.18. The molecule has 1 aliphatic heterocycles. The topological polar surface area (TPSA) is 99.2 Å². The smallest absolute Gasteiger partial charge is 0.246 e. The fourth-order valence-electron chi connectivity index (χ4n) is 4.18. The number of carbonyl (C=O) groups is 1. The van der Waals surface area contributed by atoms with Crippen molar-refractivity contribution in [1.29, 1.82) is 5.41 Å². The number of hydrogen-bond acceptors (Lipinski definition) is 6. The van der Waals surface area contributed by atoms with Crippen LogP contribution in [0.4, 0.5) is 11.5 Å². The molecule has 0 spiro atoms. The number of hydrogen-bond donors (Lipinski definition) is 2. The summed E-state index contributed by atoms with van der Waals surface area (Å²) in [6, 6.07) is 9.97. The predicted molar refractivity (Wildman–Crippen MR) is 125 cm³/mol. The van der Waals surface area contributed by atoms with Gasteiger partial charge in [0.1, 0.15) is 12.1 Å². The van der Waals surface area contributed by atoms with E-state index in [0.29, 0.717) is 38.3 Å². The Labute approximate surface area is 181 Å². The van der Waals surface area contributed by atoms with E-state index < -0.39 is 0 Å². The van der Waals surface area contributed by atoms with Gasteiger partial charge in [-0.2, -0.15) is 0 Å². The molecule has 158 valence electrons. The number of anilines is 2. The zero-order valence-electron chi connectivity index (χ0n) is 17.6. The summed E-state index contributed by atoms with van der Waals surface area (Å²) in [5.41, 5.74) is 11.6. The summed E-state index contributed by atoms with van der Waals surface area (Å²) in [4.78, 5) is 25.1. The van der Waals surface area contributed by atoms with Gasteiger partial charge in [0.05, 0.1) is 5.52 Å². The third kappa shape index (κ3) is 3.86. The first-order chi connectivity index (χ1) is 15.0. The minimum Gasteiger partial charge on any atom is -0.398 e. The molecule has 7 heteroatoms. The SMILES string of the molecule is C=CC(=O)N1CCN(c2ncnc3c(Cc4c(C)ccc(N)c4C=N)cccc23)CC1. The highest BCUT2D eigenvalue weighted by molar-refractivity contribution is 5.93. The van der Waals surface area contributed by atoms with Crippen LogP contribution in [0.1, 0.15) is 22.3 Å². The number of para-hydroxylation sites is 1. The number of aromatic nitrogens is 2. The summed E-state index contributed by atoms with van der Waals surface area (Å²) >= 11 is 0. The highest BCUT2D eigenvalue weighted by atomic mass is 16.2. The van der Waals surface area contributed by atoms with Crippen LogP contribution in [0, 0.1) is 12.3 Å². The number of nitrogens with one attached hydrogen (secondary N) is 1. The summed E-state index contributed by atoms with van der Waals surface area (Å²) in [6.45, 7) is 8.31. The van der Waals surface area contributed by atoms with Gasteiger partial charge in [0.15, 0.2) is 0 Å².